The van der Waals surface area contributed by atoms with Crippen LogP contribution < -0.4 is 4.72 Å². The fourth-order valence-corrected chi connectivity index (χ4v) is 2.13. The second kappa shape index (κ2) is 6.59. The lowest BCUT2D eigenvalue weighted by atomic mass is 10.4. The Morgan fingerprint density at radius 1 is 1.19 bits per heavy atom. The third kappa shape index (κ3) is 4.28. The van der Waals surface area contributed by atoms with Crippen LogP contribution in [0.15, 0.2) is 35.2 Å². The molecular formula is C10H15NO4S. The summed E-state index contributed by atoms with van der Waals surface area (Å²) in [4.78, 5) is 0.233. The van der Waals surface area contributed by atoms with Crippen molar-refractivity contribution < 1.29 is 18.3 Å². The summed E-state index contributed by atoms with van der Waals surface area (Å²) in [7, 11) is -3.44. The van der Waals surface area contributed by atoms with Crippen LogP contribution in [0.2, 0.25) is 0 Å². The molecule has 16 heavy (non-hydrogen) atoms. The third-order valence-electron chi connectivity index (χ3n) is 1.83. The van der Waals surface area contributed by atoms with Crippen molar-refractivity contribution in [3.05, 3.63) is 30.3 Å². The van der Waals surface area contributed by atoms with E-state index in [9.17, 15) is 8.42 Å². The van der Waals surface area contributed by atoms with Crippen molar-refractivity contribution in [2.45, 2.75) is 4.90 Å². The van der Waals surface area contributed by atoms with E-state index in [4.69, 9.17) is 9.84 Å². The van der Waals surface area contributed by atoms with Crippen LogP contribution in [-0.2, 0) is 14.8 Å². The van der Waals surface area contributed by atoms with E-state index in [-0.39, 0.29) is 31.3 Å². The predicted molar refractivity (Wildman–Crippen MR) is 59.5 cm³/mol. The maximum Gasteiger partial charge on any atom is 0.240 e. The molecule has 0 saturated carbocycles. The topological polar surface area (TPSA) is 75.6 Å². The number of ether oxygens (including phenoxy) is 1. The Morgan fingerprint density at radius 3 is 2.50 bits per heavy atom. The van der Waals surface area contributed by atoms with Gasteiger partial charge < -0.3 is 9.84 Å². The zero-order chi connectivity index (χ0) is 11.9. The first-order valence-electron chi connectivity index (χ1n) is 4.90. The van der Waals surface area contributed by atoms with E-state index in [1.54, 1.807) is 18.2 Å². The van der Waals surface area contributed by atoms with Crippen LogP contribution in [0.3, 0.4) is 0 Å². The summed E-state index contributed by atoms with van der Waals surface area (Å²) >= 11 is 0. The van der Waals surface area contributed by atoms with Gasteiger partial charge >= 0.3 is 0 Å². The fourth-order valence-electron chi connectivity index (χ4n) is 1.10. The Labute approximate surface area is 95.1 Å². The molecule has 1 aromatic rings. The molecule has 1 rings (SSSR count). The zero-order valence-corrected chi connectivity index (χ0v) is 9.61. The molecule has 0 unspecified atom stereocenters. The molecule has 0 saturated heterocycles. The van der Waals surface area contributed by atoms with Gasteiger partial charge in [0.25, 0.3) is 0 Å². The van der Waals surface area contributed by atoms with Gasteiger partial charge in [-0.05, 0) is 12.1 Å². The number of nitrogens with one attached hydrogen (secondary N) is 1. The summed E-state index contributed by atoms with van der Waals surface area (Å²) in [6.07, 6.45) is 0. The molecule has 0 heterocycles. The van der Waals surface area contributed by atoms with Crippen LogP contribution in [0.4, 0.5) is 0 Å². The summed E-state index contributed by atoms with van der Waals surface area (Å²) in [5.74, 6) is 0. The molecule has 5 nitrogen and oxygen atoms in total. The van der Waals surface area contributed by atoms with Crippen molar-refractivity contribution >= 4 is 10.0 Å². The summed E-state index contributed by atoms with van der Waals surface area (Å²) < 4.78 is 30.6. The maximum absolute atomic E-state index is 11.6. The third-order valence-corrected chi connectivity index (χ3v) is 3.30. The highest BCUT2D eigenvalue weighted by atomic mass is 32.2. The number of benzene rings is 1. The van der Waals surface area contributed by atoms with E-state index >= 15 is 0 Å². The van der Waals surface area contributed by atoms with Crippen LogP contribution in [0.25, 0.3) is 0 Å². The SMILES string of the molecule is O=S(=O)(NCCOCCO)c1ccccc1. The monoisotopic (exact) mass is 245 g/mol. The number of aliphatic hydroxyl groups excluding tert-OH is 1. The molecule has 2 N–H and O–H groups in total. The van der Waals surface area contributed by atoms with Crippen molar-refractivity contribution in [3.63, 3.8) is 0 Å². The van der Waals surface area contributed by atoms with Crippen LogP contribution in [0.5, 0.6) is 0 Å². The van der Waals surface area contributed by atoms with Crippen molar-refractivity contribution in [1.82, 2.24) is 4.72 Å². The molecule has 0 fully saturated rings. The normalized spacial score (nSPS) is 11.6. The Kier molecular flexibility index (Phi) is 5.41. The number of hydrogen-bond acceptors (Lipinski definition) is 4. The van der Waals surface area contributed by atoms with Gasteiger partial charge in [-0.25, -0.2) is 13.1 Å². The van der Waals surface area contributed by atoms with Gasteiger partial charge in [0, 0.05) is 6.54 Å². The summed E-state index contributed by atoms with van der Waals surface area (Å²) in [6, 6.07) is 8.13. The highest BCUT2D eigenvalue weighted by Crippen LogP contribution is 2.06. The Bertz CT molecular complexity index is 391. The largest absolute Gasteiger partial charge is 0.394 e. The molecule has 0 amide bonds. The minimum Gasteiger partial charge on any atom is -0.394 e. The first-order chi connectivity index (χ1) is 7.67. The van der Waals surface area contributed by atoms with Crippen LogP contribution in [0, 0.1) is 0 Å². The summed E-state index contributed by atoms with van der Waals surface area (Å²) in [5, 5.41) is 8.44. The predicted octanol–water partition coefficient (Wildman–Crippen LogP) is -0.0262. The second-order valence-electron chi connectivity index (χ2n) is 3.05. The van der Waals surface area contributed by atoms with Gasteiger partial charge in [-0.2, -0.15) is 0 Å². The number of sulfonamides is 1. The molecule has 0 atom stereocenters. The summed E-state index contributed by atoms with van der Waals surface area (Å²) in [6.45, 7) is 0.586. The average molecular weight is 245 g/mol. The van der Waals surface area contributed by atoms with E-state index < -0.39 is 10.0 Å². The van der Waals surface area contributed by atoms with Crippen molar-refractivity contribution in [2.24, 2.45) is 0 Å². The quantitative estimate of drug-likeness (QED) is 0.662. The van der Waals surface area contributed by atoms with Crippen molar-refractivity contribution in [2.75, 3.05) is 26.4 Å². The number of rotatable bonds is 7. The van der Waals surface area contributed by atoms with E-state index in [0.717, 1.165) is 0 Å². The van der Waals surface area contributed by atoms with Gasteiger partial charge in [-0.1, -0.05) is 18.2 Å². The van der Waals surface area contributed by atoms with Crippen molar-refractivity contribution in [3.8, 4) is 0 Å². The number of hydrogen-bond donors (Lipinski definition) is 2. The fraction of sp³-hybridized carbons (Fsp3) is 0.400. The van der Waals surface area contributed by atoms with Gasteiger partial charge in [0.2, 0.25) is 10.0 Å². The van der Waals surface area contributed by atoms with Gasteiger partial charge in [0.15, 0.2) is 0 Å². The lowest BCUT2D eigenvalue weighted by Gasteiger charge is -2.06. The first kappa shape index (κ1) is 13.1. The van der Waals surface area contributed by atoms with Gasteiger partial charge in [0.05, 0.1) is 24.7 Å². The molecule has 90 valence electrons. The first-order valence-corrected chi connectivity index (χ1v) is 6.38. The summed E-state index contributed by atoms with van der Waals surface area (Å²) in [5.41, 5.74) is 0. The highest BCUT2D eigenvalue weighted by molar-refractivity contribution is 7.89. The Balaban J connectivity index is 2.41. The highest BCUT2D eigenvalue weighted by Gasteiger charge is 2.11. The minimum atomic E-state index is -3.44. The second-order valence-corrected chi connectivity index (χ2v) is 4.81. The molecule has 0 aliphatic heterocycles. The molecule has 1 aromatic carbocycles. The van der Waals surface area contributed by atoms with Gasteiger partial charge in [0.1, 0.15) is 0 Å². The van der Waals surface area contributed by atoms with Crippen LogP contribution >= 0.6 is 0 Å². The zero-order valence-electron chi connectivity index (χ0n) is 8.80. The lowest BCUT2D eigenvalue weighted by molar-refractivity contribution is 0.0961. The Morgan fingerprint density at radius 2 is 1.88 bits per heavy atom. The molecule has 0 bridgehead atoms. The smallest absolute Gasteiger partial charge is 0.240 e. The average Bonchev–Trinajstić information content (AvgIpc) is 2.30. The van der Waals surface area contributed by atoms with Crippen LogP contribution in [-0.4, -0.2) is 39.9 Å². The minimum absolute atomic E-state index is 0.0641. The van der Waals surface area contributed by atoms with E-state index in [1.807, 2.05) is 0 Å². The molecule has 0 aromatic heterocycles. The molecule has 0 aliphatic carbocycles. The molecular weight excluding hydrogens is 230 g/mol. The van der Waals surface area contributed by atoms with E-state index in [1.165, 1.54) is 12.1 Å². The standard InChI is InChI=1S/C10H15NO4S/c12-7-9-15-8-6-11-16(13,14)10-4-2-1-3-5-10/h1-5,11-12H,6-9H2. The van der Waals surface area contributed by atoms with Crippen LogP contribution in [0.1, 0.15) is 0 Å². The molecule has 0 radical (unpaired) electrons. The Hall–Kier alpha value is -0.950. The molecule has 6 heteroatoms. The van der Waals surface area contributed by atoms with E-state index in [2.05, 4.69) is 4.72 Å². The van der Waals surface area contributed by atoms with Gasteiger partial charge in [-0.15, -0.1) is 0 Å². The van der Waals surface area contributed by atoms with E-state index in [0.29, 0.717) is 0 Å². The maximum atomic E-state index is 11.6. The van der Waals surface area contributed by atoms with Crippen molar-refractivity contribution in [1.29, 1.82) is 0 Å². The molecule has 0 aliphatic rings. The molecule has 0 spiro atoms. The lowest BCUT2D eigenvalue weighted by Crippen LogP contribution is -2.27. The van der Waals surface area contributed by atoms with Gasteiger partial charge in [-0.3, -0.25) is 0 Å². The number of aliphatic hydroxyl groups is 1.